The summed E-state index contributed by atoms with van der Waals surface area (Å²) in [6, 6.07) is 0. The Morgan fingerprint density at radius 3 is 2.63 bits per heavy atom. The number of hydrogen-bond acceptors (Lipinski definition) is 6. The average Bonchev–Trinajstić information content (AvgIpc) is 2.91. The van der Waals surface area contributed by atoms with Crippen LogP contribution >= 0.6 is 0 Å². The Hall–Kier alpha value is -0.980. The van der Waals surface area contributed by atoms with Crippen LogP contribution in [0.25, 0.3) is 0 Å². The maximum Gasteiger partial charge on any atom is 0.247 e. The minimum atomic E-state index is -0.565. The van der Waals surface area contributed by atoms with Crippen molar-refractivity contribution in [3.63, 3.8) is 0 Å². The van der Waals surface area contributed by atoms with E-state index >= 15 is 0 Å². The minimum absolute atomic E-state index is 0.491. The Bertz CT molecular complexity index is 391. The molecule has 0 amide bonds. The van der Waals surface area contributed by atoms with Gasteiger partial charge in [0.05, 0.1) is 0 Å². The quantitative estimate of drug-likeness (QED) is 0.875. The highest BCUT2D eigenvalue weighted by atomic mass is 16.5. The van der Waals surface area contributed by atoms with Crippen LogP contribution in [0, 0.1) is 0 Å². The lowest BCUT2D eigenvalue weighted by molar-refractivity contribution is -0.0403. The van der Waals surface area contributed by atoms with Crippen LogP contribution in [0.1, 0.15) is 51.7 Å². The average molecular weight is 269 g/mol. The minimum Gasteiger partial charge on any atom is -0.381 e. The molecule has 108 valence electrons. The van der Waals surface area contributed by atoms with Crippen LogP contribution in [0.5, 0.6) is 0 Å². The molecule has 0 spiro atoms. The summed E-state index contributed by atoms with van der Waals surface area (Å²) in [7, 11) is 0. The number of rotatable bonds is 5. The van der Waals surface area contributed by atoms with Crippen molar-refractivity contribution in [3.8, 4) is 0 Å². The van der Waals surface area contributed by atoms with E-state index in [9.17, 15) is 0 Å². The monoisotopic (exact) mass is 269 g/mol. The lowest BCUT2D eigenvalue weighted by Gasteiger charge is -2.29. The summed E-state index contributed by atoms with van der Waals surface area (Å²) in [6.45, 7) is 7.83. The van der Waals surface area contributed by atoms with Crippen LogP contribution in [0.3, 0.4) is 0 Å². The molecule has 1 aliphatic rings. The summed E-state index contributed by atoms with van der Waals surface area (Å²) in [5, 5.41) is 4.07. The molecule has 1 atom stereocenters. The fourth-order valence-corrected chi connectivity index (χ4v) is 2.23. The van der Waals surface area contributed by atoms with Gasteiger partial charge in [-0.15, -0.1) is 0 Å². The first-order valence-corrected chi connectivity index (χ1v) is 6.89. The summed E-state index contributed by atoms with van der Waals surface area (Å²) in [5.74, 6) is 1.06. The molecule has 0 aromatic carbocycles. The smallest absolute Gasteiger partial charge is 0.247 e. The third-order valence-electron chi connectivity index (χ3n) is 3.85. The third kappa shape index (κ3) is 2.80. The van der Waals surface area contributed by atoms with Crippen molar-refractivity contribution in [1.29, 1.82) is 0 Å². The Morgan fingerprint density at radius 1 is 1.37 bits per heavy atom. The number of nitrogens with two attached hydrogens (primary N) is 1. The summed E-state index contributed by atoms with van der Waals surface area (Å²) >= 11 is 0. The van der Waals surface area contributed by atoms with E-state index in [0.717, 1.165) is 6.42 Å². The Kier molecular flexibility index (Phi) is 4.23. The molecule has 2 rings (SSSR count). The summed E-state index contributed by atoms with van der Waals surface area (Å²) in [6.07, 6.45) is 2.18. The standard InChI is InChI=1S/C13H23N3O3/c1-4-12(3,18-5-2)10-15-11(19-16-10)13(14)6-8-17-9-7-13/h4-9,14H2,1-3H3. The second kappa shape index (κ2) is 5.56. The van der Waals surface area contributed by atoms with Gasteiger partial charge in [0.2, 0.25) is 11.7 Å². The van der Waals surface area contributed by atoms with E-state index in [0.29, 0.717) is 44.4 Å². The second-order valence-corrected chi connectivity index (χ2v) is 5.21. The number of ether oxygens (including phenoxy) is 2. The molecule has 1 aromatic heterocycles. The molecule has 19 heavy (non-hydrogen) atoms. The Labute approximate surface area is 113 Å². The molecule has 2 N–H and O–H groups in total. The Balaban J connectivity index is 2.22. The van der Waals surface area contributed by atoms with Crippen LogP contribution in [-0.2, 0) is 20.6 Å². The van der Waals surface area contributed by atoms with E-state index in [1.165, 1.54) is 0 Å². The van der Waals surface area contributed by atoms with Crippen molar-refractivity contribution in [2.45, 2.75) is 51.2 Å². The zero-order chi connectivity index (χ0) is 13.9. The van der Waals surface area contributed by atoms with Gasteiger partial charge in [0.1, 0.15) is 11.1 Å². The maximum absolute atomic E-state index is 6.34. The normalized spacial score (nSPS) is 22.1. The molecule has 0 bridgehead atoms. The molecule has 1 fully saturated rings. The molecule has 2 heterocycles. The van der Waals surface area contributed by atoms with E-state index in [-0.39, 0.29) is 0 Å². The van der Waals surface area contributed by atoms with Gasteiger partial charge < -0.3 is 19.7 Å². The maximum atomic E-state index is 6.34. The van der Waals surface area contributed by atoms with Crippen LogP contribution in [0.2, 0.25) is 0 Å². The van der Waals surface area contributed by atoms with E-state index in [1.54, 1.807) is 0 Å². The highest BCUT2D eigenvalue weighted by Crippen LogP contribution is 2.31. The fourth-order valence-electron chi connectivity index (χ4n) is 2.23. The topological polar surface area (TPSA) is 83.4 Å². The van der Waals surface area contributed by atoms with E-state index in [4.69, 9.17) is 19.7 Å². The van der Waals surface area contributed by atoms with Crippen LogP contribution in [0.15, 0.2) is 4.52 Å². The number of aromatic nitrogens is 2. The summed E-state index contributed by atoms with van der Waals surface area (Å²) in [4.78, 5) is 4.48. The first-order chi connectivity index (χ1) is 9.04. The molecule has 6 heteroatoms. The van der Waals surface area contributed by atoms with Crippen molar-refractivity contribution < 1.29 is 14.0 Å². The van der Waals surface area contributed by atoms with Crippen molar-refractivity contribution >= 4 is 0 Å². The zero-order valence-electron chi connectivity index (χ0n) is 11.9. The lowest BCUT2D eigenvalue weighted by Crippen LogP contribution is -2.42. The molecular weight excluding hydrogens is 246 g/mol. The molecule has 1 saturated heterocycles. The summed E-state index contributed by atoms with van der Waals surface area (Å²) < 4.78 is 16.5. The highest BCUT2D eigenvalue weighted by Gasteiger charge is 2.38. The van der Waals surface area contributed by atoms with Crippen molar-refractivity contribution in [1.82, 2.24) is 10.1 Å². The van der Waals surface area contributed by atoms with Gasteiger partial charge in [0.15, 0.2) is 0 Å². The zero-order valence-corrected chi connectivity index (χ0v) is 11.9. The first kappa shape index (κ1) is 14.4. The molecular formula is C13H23N3O3. The number of nitrogens with zero attached hydrogens (tertiary/aromatic N) is 2. The first-order valence-electron chi connectivity index (χ1n) is 6.89. The predicted molar refractivity (Wildman–Crippen MR) is 69.5 cm³/mol. The second-order valence-electron chi connectivity index (χ2n) is 5.21. The van der Waals surface area contributed by atoms with Crippen molar-refractivity contribution in [2.75, 3.05) is 19.8 Å². The molecule has 0 aliphatic carbocycles. The Morgan fingerprint density at radius 2 is 2.05 bits per heavy atom. The van der Waals surface area contributed by atoms with E-state index in [1.807, 2.05) is 20.8 Å². The van der Waals surface area contributed by atoms with Gasteiger partial charge >= 0.3 is 0 Å². The summed E-state index contributed by atoms with van der Waals surface area (Å²) in [5.41, 5.74) is 5.25. The molecule has 0 saturated carbocycles. The highest BCUT2D eigenvalue weighted by molar-refractivity contribution is 5.07. The molecule has 6 nitrogen and oxygen atoms in total. The van der Waals surface area contributed by atoms with E-state index < -0.39 is 11.1 Å². The van der Waals surface area contributed by atoms with Gasteiger partial charge in [-0.25, -0.2) is 0 Å². The van der Waals surface area contributed by atoms with Gasteiger partial charge in [-0.3, -0.25) is 0 Å². The van der Waals surface area contributed by atoms with Gasteiger partial charge in [0, 0.05) is 19.8 Å². The van der Waals surface area contributed by atoms with Gasteiger partial charge in [-0.2, -0.15) is 4.98 Å². The molecule has 1 aliphatic heterocycles. The van der Waals surface area contributed by atoms with Gasteiger partial charge in [-0.1, -0.05) is 12.1 Å². The van der Waals surface area contributed by atoms with Crippen LogP contribution < -0.4 is 5.73 Å². The largest absolute Gasteiger partial charge is 0.381 e. The molecule has 1 unspecified atom stereocenters. The van der Waals surface area contributed by atoms with Crippen molar-refractivity contribution in [3.05, 3.63) is 11.7 Å². The van der Waals surface area contributed by atoms with Crippen molar-refractivity contribution in [2.24, 2.45) is 5.73 Å². The van der Waals surface area contributed by atoms with E-state index in [2.05, 4.69) is 10.1 Å². The fraction of sp³-hybridized carbons (Fsp3) is 0.846. The van der Waals surface area contributed by atoms with Crippen LogP contribution in [0.4, 0.5) is 0 Å². The SMILES string of the molecule is CCOC(C)(CC)c1noc(C2(N)CCOCC2)n1. The third-order valence-corrected chi connectivity index (χ3v) is 3.85. The van der Waals surface area contributed by atoms with Gasteiger partial charge in [-0.05, 0) is 33.1 Å². The van der Waals surface area contributed by atoms with Gasteiger partial charge in [0.25, 0.3) is 0 Å². The predicted octanol–water partition coefficient (Wildman–Crippen LogP) is 1.70. The lowest BCUT2D eigenvalue weighted by atomic mass is 9.91. The molecule has 1 aromatic rings. The number of hydrogen-bond donors (Lipinski definition) is 1. The molecule has 0 radical (unpaired) electrons. The van der Waals surface area contributed by atoms with Crippen LogP contribution in [-0.4, -0.2) is 30.0 Å².